The number of nitrogens with zero attached hydrogens (tertiary/aromatic N) is 2. The van der Waals surface area contributed by atoms with Crippen LogP contribution >= 0.6 is 11.8 Å². The van der Waals surface area contributed by atoms with Gasteiger partial charge in [-0.3, -0.25) is 9.36 Å². The Bertz CT molecular complexity index is 1270. The fourth-order valence-corrected chi connectivity index (χ4v) is 4.22. The molecule has 3 aromatic carbocycles. The Labute approximate surface area is 185 Å². The van der Waals surface area contributed by atoms with Crippen LogP contribution in [0.15, 0.2) is 83.3 Å². The first-order valence-corrected chi connectivity index (χ1v) is 10.7. The number of para-hydroxylation sites is 1. The van der Waals surface area contributed by atoms with Crippen molar-refractivity contribution in [3.63, 3.8) is 0 Å². The number of aromatic nitrogens is 2. The molecule has 1 heterocycles. The summed E-state index contributed by atoms with van der Waals surface area (Å²) in [6.45, 7) is 3.79. The summed E-state index contributed by atoms with van der Waals surface area (Å²) >= 11 is 1.51. The summed E-state index contributed by atoms with van der Waals surface area (Å²) in [6, 6.07) is 20.9. The molecule has 6 heteroatoms. The van der Waals surface area contributed by atoms with Crippen LogP contribution in [0.1, 0.15) is 11.1 Å². The standard InChI is InChI=1S/C25H22N2O3S/c1-4-17-9-11-18(12-10-17)16-31-25-26-23-8-6-5-7-22(23)24(28)27(25)19-13-20(29-2)15-21(14-19)30-3/h4-15H,1,16H2,2-3H3. The van der Waals surface area contributed by atoms with Crippen LogP contribution in [-0.4, -0.2) is 23.8 Å². The van der Waals surface area contributed by atoms with Crippen molar-refractivity contribution in [2.24, 2.45) is 0 Å². The summed E-state index contributed by atoms with van der Waals surface area (Å²) in [4.78, 5) is 18.3. The second kappa shape index (κ2) is 9.10. The van der Waals surface area contributed by atoms with Crippen LogP contribution in [0, 0.1) is 0 Å². The molecule has 0 aliphatic rings. The third-order valence-electron chi connectivity index (χ3n) is 4.92. The highest BCUT2D eigenvalue weighted by Gasteiger charge is 2.15. The lowest BCUT2D eigenvalue weighted by Crippen LogP contribution is -2.22. The molecule has 4 rings (SSSR count). The summed E-state index contributed by atoms with van der Waals surface area (Å²) in [7, 11) is 3.17. The monoisotopic (exact) mass is 430 g/mol. The van der Waals surface area contributed by atoms with Gasteiger partial charge in [-0.05, 0) is 23.3 Å². The lowest BCUT2D eigenvalue weighted by atomic mass is 10.1. The number of hydrogen-bond acceptors (Lipinski definition) is 5. The molecule has 0 radical (unpaired) electrons. The van der Waals surface area contributed by atoms with Gasteiger partial charge in [0.25, 0.3) is 5.56 Å². The molecule has 0 saturated heterocycles. The van der Waals surface area contributed by atoms with Gasteiger partial charge in [0.15, 0.2) is 5.16 Å². The van der Waals surface area contributed by atoms with Crippen LogP contribution < -0.4 is 15.0 Å². The van der Waals surface area contributed by atoms with Crippen molar-refractivity contribution in [3.05, 3.63) is 94.8 Å². The predicted octanol–water partition coefficient (Wildman–Crippen LogP) is 5.34. The first-order valence-electron chi connectivity index (χ1n) is 9.72. The van der Waals surface area contributed by atoms with Gasteiger partial charge in [-0.1, -0.05) is 60.8 Å². The number of methoxy groups -OCH3 is 2. The Kier molecular flexibility index (Phi) is 6.09. The highest BCUT2D eigenvalue weighted by atomic mass is 32.2. The third kappa shape index (κ3) is 4.34. The first kappa shape index (κ1) is 20.8. The Morgan fingerprint density at radius 1 is 1.00 bits per heavy atom. The largest absolute Gasteiger partial charge is 0.497 e. The Balaban J connectivity index is 1.83. The lowest BCUT2D eigenvalue weighted by molar-refractivity contribution is 0.394. The van der Waals surface area contributed by atoms with Crippen LogP contribution in [0.3, 0.4) is 0 Å². The lowest BCUT2D eigenvalue weighted by Gasteiger charge is -2.15. The number of ether oxygens (including phenoxy) is 2. The molecule has 5 nitrogen and oxygen atoms in total. The van der Waals surface area contributed by atoms with Gasteiger partial charge in [-0.25, -0.2) is 4.98 Å². The molecule has 0 amide bonds. The fourth-order valence-electron chi connectivity index (χ4n) is 3.26. The van der Waals surface area contributed by atoms with E-state index in [1.54, 1.807) is 30.9 Å². The van der Waals surface area contributed by atoms with Crippen molar-refractivity contribution in [2.45, 2.75) is 10.9 Å². The minimum absolute atomic E-state index is 0.134. The predicted molar refractivity (Wildman–Crippen MR) is 127 cm³/mol. The molecule has 0 N–H and O–H groups in total. The van der Waals surface area contributed by atoms with Gasteiger partial charge in [-0.15, -0.1) is 0 Å². The summed E-state index contributed by atoms with van der Waals surface area (Å²) < 4.78 is 12.4. The molecule has 1 aromatic heterocycles. The second-order valence-electron chi connectivity index (χ2n) is 6.86. The maximum Gasteiger partial charge on any atom is 0.266 e. The van der Waals surface area contributed by atoms with E-state index in [9.17, 15) is 4.79 Å². The minimum atomic E-state index is -0.134. The molecular weight excluding hydrogens is 408 g/mol. The van der Waals surface area contributed by atoms with E-state index in [-0.39, 0.29) is 5.56 Å². The van der Waals surface area contributed by atoms with Crippen LogP contribution in [0.25, 0.3) is 22.7 Å². The molecule has 4 aromatic rings. The van der Waals surface area contributed by atoms with Gasteiger partial charge < -0.3 is 9.47 Å². The molecule has 0 unspecified atom stereocenters. The smallest absolute Gasteiger partial charge is 0.266 e. The molecule has 0 aliphatic carbocycles. The van der Waals surface area contributed by atoms with Crippen LogP contribution in [-0.2, 0) is 5.75 Å². The van der Waals surface area contributed by atoms with E-state index in [1.165, 1.54) is 11.8 Å². The van der Waals surface area contributed by atoms with E-state index < -0.39 is 0 Å². The number of fused-ring (bicyclic) bond motifs is 1. The van der Waals surface area contributed by atoms with Gasteiger partial charge in [-0.2, -0.15) is 0 Å². The third-order valence-corrected chi connectivity index (χ3v) is 5.93. The molecule has 0 spiro atoms. The number of rotatable bonds is 7. The van der Waals surface area contributed by atoms with Crippen molar-refractivity contribution < 1.29 is 9.47 Å². The van der Waals surface area contributed by atoms with Gasteiger partial charge in [0.05, 0.1) is 30.8 Å². The van der Waals surface area contributed by atoms with E-state index in [0.29, 0.717) is 39.0 Å². The van der Waals surface area contributed by atoms with E-state index in [2.05, 4.69) is 18.7 Å². The summed E-state index contributed by atoms with van der Waals surface area (Å²) in [5.41, 5.74) is 3.38. The van der Waals surface area contributed by atoms with E-state index >= 15 is 0 Å². The maximum absolute atomic E-state index is 13.5. The van der Waals surface area contributed by atoms with Crippen LogP contribution in [0.5, 0.6) is 11.5 Å². The van der Waals surface area contributed by atoms with E-state index in [4.69, 9.17) is 14.5 Å². The van der Waals surface area contributed by atoms with E-state index in [0.717, 1.165) is 11.1 Å². The van der Waals surface area contributed by atoms with E-state index in [1.807, 2.05) is 48.5 Å². The number of benzene rings is 3. The summed E-state index contributed by atoms with van der Waals surface area (Å²) in [6.07, 6.45) is 1.82. The molecule has 0 saturated carbocycles. The molecule has 156 valence electrons. The molecule has 0 bridgehead atoms. The average molecular weight is 431 g/mol. The normalized spacial score (nSPS) is 10.8. The van der Waals surface area contributed by atoms with Crippen molar-refractivity contribution in [1.29, 1.82) is 0 Å². The van der Waals surface area contributed by atoms with Crippen molar-refractivity contribution in [3.8, 4) is 17.2 Å². The number of thioether (sulfide) groups is 1. The molecule has 0 fully saturated rings. The van der Waals surface area contributed by atoms with Gasteiger partial charge in [0, 0.05) is 24.0 Å². The zero-order valence-electron chi connectivity index (χ0n) is 17.4. The zero-order valence-corrected chi connectivity index (χ0v) is 18.2. The summed E-state index contributed by atoms with van der Waals surface area (Å²) in [5.74, 6) is 1.87. The molecule has 31 heavy (non-hydrogen) atoms. The Morgan fingerprint density at radius 2 is 1.68 bits per heavy atom. The first-order chi connectivity index (χ1) is 15.1. The van der Waals surface area contributed by atoms with Crippen LogP contribution in [0.2, 0.25) is 0 Å². The second-order valence-corrected chi connectivity index (χ2v) is 7.80. The summed E-state index contributed by atoms with van der Waals surface area (Å²) in [5, 5.41) is 1.16. The highest BCUT2D eigenvalue weighted by molar-refractivity contribution is 7.98. The molecule has 0 atom stereocenters. The van der Waals surface area contributed by atoms with Crippen molar-refractivity contribution in [2.75, 3.05) is 14.2 Å². The van der Waals surface area contributed by atoms with Gasteiger partial charge in [0.1, 0.15) is 11.5 Å². The number of hydrogen-bond donors (Lipinski definition) is 0. The minimum Gasteiger partial charge on any atom is -0.497 e. The van der Waals surface area contributed by atoms with Gasteiger partial charge in [0.2, 0.25) is 0 Å². The SMILES string of the molecule is C=Cc1ccc(CSc2nc3ccccc3c(=O)n2-c2cc(OC)cc(OC)c2)cc1. The quantitative estimate of drug-likeness (QED) is 0.293. The fraction of sp³-hybridized carbons (Fsp3) is 0.120. The average Bonchev–Trinajstić information content (AvgIpc) is 2.82. The van der Waals surface area contributed by atoms with Crippen molar-refractivity contribution >= 4 is 28.7 Å². The Hall–Kier alpha value is -3.51. The molecule has 0 aliphatic heterocycles. The van der Waals surface area contributed by atoms with Crippen molar-refractivity contribution in [1.82, 2.24) is 9.55 Å². The topological polar surface area (TPSA) is 53.4 Å². The van der Waals surface area contributed by atoms with Gasteiger partial charge >= 0.3 is 0 Å². The zero-order chi connectivity index (χ0) is 21.8. The maximum atomic E-state index is 13.5. The van der Waals surface area contributed by atoms with Crippen LogP contribution in [0.4, 0.5) is 0 Å². The highest BCUT2D eigenvalue weighted by Crippen LogP contribution is 2.29. The Morgan fingerprint density at radius 3 is 2.32 bits per heavy atom. The molecular formula is C25H22N2O3S.